The van der Waals surface area contributed by atoms with Crippen molar-refractivity contribution in [1.29, 1.82) is 0 Å². The monoisotopic (exact) mass is 154 g/mol. The fourth-order valence-corrected chi connectivity index (χ4v) is 1.61. The summed E-state index contributed by atoms with van der Waals surface area (Å²) in [5.41, 5.74) is 6.02. The number of unbranched alkanes of at least 4 members (excludes halogenated alkanes) is 1. The highest BCUT2D eigenvalue weighted by atomic mass is 14.9. The summed E-state index contributed by atoms with van der Waals surface area (Å²) < 4.78 is 0. The third kappa shape index (κ3) is 2.21. The lowest BCUT2D eigenvalue weighted by Gasteiger charge is -2.21. The first-order valence-corrected chi connectivity index (χ1v) is 4.45. The second kappa shape index (κ2) is 3.24. The Bertz CT molecular complexity index is 163. The molecule has 0 fully saturated rings. The molecule has 1 aliphatic heterocycles. The second-order valence-electron chi connectivity index (χ2n) is 3.90. The minimum absolute atomic E-state index is 0.389. The van der Waals surface area contributed by atoms with Crippen molar-refractivity contribution in [2.45, 2.75) is 39.5 Å². The standard InChI is InChI=1S/C9H18N2/c1-3-4-5-9(2)6-8(10)11-7-9/h3-7H2,1-2H3,(H2,10,11). The predicted octanol–water partition coefficient (Wildman–Crippen LogP) is 1.94. The lowest BCUT2D eigenvalue weighted by molar-refractivity contribution is 0.330. The molecule has 0 radical (unpaired) electrons. The summed E-state index contributed by atoms with van der Waals surface area (Å²) in [5.74, 6) is 0.851. The molecule has 0 spiro atoms. The Morgan fingerprint density at radius 3 is 2.82 bits per heavy atom. The maximum atomic E-state index is 5.63. The normalized spacial score (nSPS) is 30.5. The Hall–Kier alpha value is -0.530. The molecular weight excluding hydrogens is 136 g/mol. The summed E-state index contributed by atoms with van der Waals surface area (Å²) >= 11 is 0. The van der Waals surface area contributed by atoms with Crippen molar-refractivity contribution < 1.29 is 0 Å². The first-order valence-electron chi connectivity index (χ1n) is 4.45. The van der Waals surface area contributed by atoms with Gasteiger partial charge in [-0.05, 0) is 11.8 Å². The minimum atomic E-state index is 0.389. The van der Waals surface area contributed by atoms with Gasteiger partial charge in [-0.1, -0.05) is 26.7 Å². The van der Waals surface area contributed by atoms with Crippen molar-refractivity contribution in [2.24, 2.45) is 16.1 Å². The molecule has 0 aromatic rings. The van der Waals surface area contributed by atoms with Gasteiger partial charge < -0.3 is 5.73 Å². The highest BCUT2D eigenvalue weighted by Gasteiger charge is 2.28. The minimum Gasteiger partial charge on any atom is -0.387 e. The highest BCUT2D eigenvalue weighted by Crippen LogP contribution is 2.32. The van der Waals surface area contributed by atoms with Gasteiger partial charge in [0.15, 0.2) is 0 Å². The molecule has 1 atom stereocenters. The van der Waals surface area contributed by atoms with Gasteiger partial charge in [0.05, 0.1) is 5.84 Å². The van der Waals surface area contributed by atoms with Crippen LogP contribution in [0.25, 0.3) is 0 Å². The van der Waals surface area contributed by atoms with E-state index in [-0.39, 0.29) is 0 Å². The van der Waals surface area contributed by atoms with Crippen LogP contribution in [0.4, 0.5) is 0 Å². The van der Waals surface area contributed by atoms with E-state index in [1.165, 1.54) is 19.3 Å². The quantitative estimate of drug-likeness (QED) is 0.663. The van der Waals surface area contributed by atoms with Gasteiger partial charge in [-0.2, -0.15) is 0 Å². The van der Waals surface area contributed by atoms with Gasteiger partial charge in [0.2, 0.25) is 0 Å². The van der Waals surface area contributed by atoms with Crippen LogP contribution in [0.5, 0.6) is 0 Å². The van der Waals surface area contributed by atoms with Crippen molar-refractivity contribution in [1.82, 2.24) is 0 Å². The molecule has 0 aliphatic carbocycles. The number of nitrogens with two attached hydrogens (primary N) is 1. The summed E-state index contributed by atoms with van der Waals surface area (Å²) in [6, 6.07) is 0. The Morgan fingerprint density at radius 1 is 1.64 bits per heavy atom. The Balaban J connectivity index is 2.33. The molecular formula is C9H18N2. The smallest absolute Gasteiger partial charge is 0.0943 e. The molecule has 2 heteroatoms. The van der Waals surface area contributed by atoms with Gasteiger partial charge in [-0.25, -0.2) is 0 Å². The molecule has 1 rings (SSSR count). The SMILES string of the molecule is CCCCC1(C)CN=C(N)C1. The van der Waals surface area contributed by atoms with Gasteiger partial charge >= 0.3 is 0 Å². The summed E-state index contributed by atoms with van der Waals surface area (Å²) in [5, 5.41) is 0. The van der Waals surface area contributed by atoms with Crippen LogP contribution < -0.4 is 5.73 Å². The fraction of sp³-hybridized carbons (Fsp3) is 0.889. The molecule has 1 heterocycles. The molecule has 0 saturated heterocycles. The van der Waals surface area contributed by atoms with Crippen molar-refractivity contribution >= 4 is 5.84 Å². The van der Waals surface area contributed by atoms with Crippen molar-refractivity contribution in [3.63, 3.8) is 0 Å². The fourth-order valence-electron chi connectivity index (χ4n) is 1.61. The number of amidine groups is 1. The zero-order valence-corrected chi connectivity index (χ0v) is 7.56. The number of nitrogens with zero attached hydrogens (tertiary/aromatic N) is 1. The van der Waals surface area contributed by atoms with E-state index >= 15 is 0 Å². The summed E-state index contributed by atoms with van der Waals surface area (Å²) in [7, 11) is 0. The lowest BCUT2D eigenvalue weighted by Crippen LogP contribution is -2.20. The van der Waals surface area contributed by atoms with Gasteiger partial charge in [-0.3, -0.25) is 4.99 Å². The van der Waals surface area contributed by atoms with Crippen LogP contribution in [0.1, 0.15) is 39.5 Å². The average molecular weight is 154 g/mol. The largest absolute Gasteiger partial charge is 0.387 e. The van der Waals surface area contributed by atoms with Crippen molar-refractivity contribution in [2.75, 3.05) is 6.54 Å². The molecule has 0 aromatic heterocycles. The number of rotatable bonds is 3. The van der Waals surface area contributed by atoms with E-state index in [1.807, 2.05) is 0 Å². The molecule has 0 saturated carbocycles. The van der Waals surface area contributed by atoms with Crippen molar-refractivity contribution in [3.05, 3.63) is 0 Å². The summed E-state index contributed by atoms with van der Waals surface area (Å²) in [6.45, 7) is 5.45. The van der Waals surface area contributed by atoms with Crippen LogP contribution >= 0.6 is 0 Å². The first kappa shape index (κ1) is 8.57. The maximum absolute atomic E-state index is 5.63. The van der Waals surface area contributed by atoms with Crippen LogP contribution in [-0.2, 0) is 0 Å². The van der Waals surface area contributed by atoms with E-state index in [0.29, 0.717) is 5.41 Å². The first-order chi connectivity index (χ1) is 5.16. The van der Waals surface area contributed by atoms with Crippen LogP contribution in [0.2, 0.25) is 0 Å². The average Bonchev–Trinajstić information content (AvgIpc) is 2.28. The molecule has 0 bridgehead atoms. The zero-order valence-electron chi connectivity index (χ0n) is 7.56. The Morgan fingerprint density at radius 2 is 2.36 bits per heavy atom. The van der Waals surface area contributed by atoms with Gasteiger partial charge in [0, 0.05) is 13.0 Å². The molecule has 11 heavy (non-hydrogen) atoms. The predicted molar refractivity (Wildman–Crippen MR) is 48.7 cm³/mol. The van der Waals surface area contributed by atoms with E-state index in [9.17, 15) is 0 Å². The molecule has 0 aromatic carbocycles. The molecule has 1 unspecified atom stereocenters. The summed E-state index contributed by atoms with van der Waals surface area (Å²) in [6.07, 6.45) is 4.86. The summed E-state index contributed by atoms with van der Waals surface area (Å²) in [4.78, 5) is 4.24. The Kier molecular flexibility index (Phi) is 2.53. The number of hydrogen-bond donors (Lipinski definition) is 1. The van der Waals surface area contributed by atoms with E-state index in [2.05, 4.69) is 18.8 Å². The maximum Gasteiger partial charge on any atom is 0.0943 e. The van der Waals surface area contributed by atoms with Crippen LogP contribution in [0.15, 0.2) is 4.99 Å². The second-order valence-corrected chi connectivity index (χ2v) is 3.90. The highest BCUT2D eigenvalue weighted by molar-refractivity contribution is 5.82. The zero-order chi connectivity index (χ0) is 8.32. The van der Waals surface area contributed by atoms with Crippen LogP contribution in [-0.4, -0.2) is 12.4 Å². The topological polar surface area (TPSA) is 38.4 Å². The molecule has 2 nitrogen and oxygen atoms in total. The third-order valence-electron chi connectivity index (χ3n) is 2.41. The van der Waals surface area contributed by atoms with E-state index < -0.39 is 0 Å². The Labute approximate surface area is 68.9 Å². The third-order valence-corrected chi connectivity index (χ3v) is 2.41. The molecule has 2 N–H and O–H groups in total. The van der Waals surface area contributed by atoms with Gasteiger partial charge in [0.25, 0.3) is 0 Å². The molecule has 1 aliphatic rings. The van der Waals surface area contributed by atoms with Gasteiger partial charge in [0.1, 0.15) is 0 Å². The van der Waals surface area contributed by atoms with E-state index in [0.717, 1.165) is 18.8 Å². The lowest BCUT2D eigenvalue weighted by atomic mass is 9.83. The van der Waals surface area contributed by atoms with Crippen molar-refractivity contribution in [3.8, 4) is 0 Å². The number of aliphatic imine (C=N–C) groups is 1. The van der Waals surface area contributed by atoms with Crippen LogP contribution in [0.3, 0.4) is 0 Å². The number of hydrogen-bond acceptors (Lipinski definition) is 2. The van der Waals surface area contributed by atoms with E-state index in [4.69, 9.17) is 5.73 Å². The van der Waals surface area contributed by atoms with E-state index in [1.54, 1.807) is 0 Å². The van der Waals surface area contributed by atoms with Gasteiger partial charge in [-0.15, -0.1) is 0 Å². The molecule has 0 amide bonds. The van der Waals surface area contributed by atoms with Crippen LogP contribution in [0, 0.1) is 5.41 Å². The molecule has 64 valence electrons.